The van der Waals surface area contributed by atoms with Gasteiger partial charge in [0.1, 0.15) is 0 Å². The Labute approximate surface area is 292 Å². The number of para-hydroxylation sites is 2. The molecule has 0 aliphatic rings. The first-order valence-electron chi connectivity index (χ1n) is 17.3. The van der Waals surface area contributed by atoms with Crippen molar-refractivity contribution in [3.63, 3.8) is 0 Å². The fraction of sp³-hybridized carbons (Fsp3) is 0.0417. The number of hydrogen-bond donors (Lipinski definition) is 0. The third-order valence-electron chi connectivity index (χ3n) is 10.0. The maximum Gasteiger partial charge on any atom is 0.0541 e. The minimum atomic E-state index is 1.17. The Morgan fingerprint density at radius 2 is 1.00 bits per heavy atom. The van der Waals surface area contributed by atoms with Gasteiger partial charge in [0.05, 0.1) is 22.2 Å². The van der Waals surface area contributed by atoms with Crippen molar-refractivity contribution in [1.82, 2.24) is 9.13 Å². The summed E-state index contributed by atoms with van der Waals surface area (Å²) in [5, 5.41) is 3.76. The highest BCUT2D eigenvalue weighted by atomic mass is 15.0. The maximum atomic E-state index is 2.43. The Morgan fingerprint density at radius 3 is 1.76 bits per heavy atom. The number of hydrogen-bond acceptors (Lipinski definition) is 0. The zero-order chi connectivity index (χ0) is 33.6. The van der Waals surface area contributed by atoms with Crippen molar-refractivity contribution in [1.29, 1.82) is 0 Å². The van der Waals surface area contributed by atoms with Crippen molar-refractivity contribution in [3.05, 3.63) is 187 Å². The van der Waals surface area contributed by atoms with Gasteiger partial charge in [-0.15, -0.1) is 0 Å². The second-order valence-corrected chi connectivity index (χ2v) is 13.0. The van der Waals surface area contributed by atoms with Crippen LogP contribution in [0.2, 0.25) is 0 Å². The third-order valence-corrected chi connectivity index (χ3v) is 10.0. The van der Waals surface area contributed by atoms with Crippen molar-refractivity contribution >= 4 is 38.8 Å². The number of nitrogens with zero attached hydrogens (tertiary/aromatic N) is 2. The molecule has 7 aromatic carbocycles. The van der Waals surface area contributed by atoms with Crippen molar-refractivity contribution in [2.75, 3.05) is 0 Å². The average molecular weight is 641 g/mol. The quantitative estimate of drug-likeness (QED) is 0.171. The van der Waals surface area contributed by atoms with Gasteiger partial charge in [0.15, 0.2) is 0 Å². The van der Waals surface area contributed by atoms with Gasteiger partial charge in [-0.05, 0) is 90.2 Å². The first-order valence-corrected chi connectivity index (χ1v) is 17.3. The molecule has 50 heavy (non-hydrogen) atoms. The van der Waals surface area contributed by atoms with Crippen LogP contribution in [0.25, 0.3) is 83.5 Å². The predicted octanol–water partition coefficient (Wildman–Crippen LogP) is 13.1. The van der Waals surface area contributed by atoms with Gasteiger partial charge in [0, 0.05) is 38.7 Å². The lowest BCUT2D eigenvalue weighted by atomic mass is 10.00. The molecule has 0 saturated carbocycles. The SMILES string of the molecule is C/C=C\c1c(C)n(-c2cccc(-c3ccccc3)c2)c2ccc(-c3ccc4c(c3)c3ccccc3n4-c3ccccc3-c3ccccc3)cc12. The number of benzene rings is 7. The summed E-state index contributed by atoms with van der Waals surface area (Å²) in [5.41, 5.74) is 15.7. The summed E-state index contributed by atoms with van der Waals surface area (Å²) in [6, 6.07) is 61.6. The van der Waals surface area contributed by atoms with Gasteiger partial charge in [-0.2, -0.15) is 0 Å². The van der Waals surface area contributed by atoms with E-state index in [1.54, 1.807) is 0 Å². The van der Waals surface area contributed by atoms with Crippen LogP contribution in [0.15, 0.2) is 176 Å². The number of fused-ring (bicyclic) bond motifs is 4. The van der Waals surface area contributed by atoms with E-state index in [0.717, 1.165) is 0 Å². The molecule has 2 nitrogen and oxygen atoms in total. The topological polar surface area (TPSA) is 9.86 Å². The van der Waals surface area contributed by atoms with Crippen LogP contribution in [0.1, 0.15) is 18.2 Å². The highest BCUT2D eigenvalue weighted by Crippen LogP contribution is 2.39. The molecule has 0 bridgehead atoms. The molecular weight excluding hydrogens is 605 g/mol. The van der Waals surface area contributed by atoms with E-state index in [1.165, 1.54) is 88.7 Å². The Hall–Kier alpha value is -6.38. The molecule has 0 saturated heterocycles. The Bertz CT molecular complexity index is 2710. The van der Waals surface area contributed by atoms with Crippen molar-refractivity contribution < 1.29 is 0 Å². The van der Waals surface area contributed by atoms with Crippen molar-refractivity contribution in [2.24, 2.45) is 0 Å². The minimum absolute atomic E-state index is 1.17. The molecule has 0 radical (unpaired) electrons. The molecule has 0 fully saturated rings. The zero-order valence-corrected chi connectivity index (χ0v) is 28.2. The number of allylic oxidation sites excluding steroid dienone is 1. The Kier molecular flexibility index (Phi) is 7.29. The molecule has 0 aliphatic heterocycles. The maximum absolute atomic E-state index is 2.43. The van der Waals surface area contributed by atoms with Gasteiger partial charge in [-0.1, -0.05) is 133 Å². The molecule has 2 heterocycles. The average Bonchev–Trinajstić information content (AvgIpc) is 3.66. The normalized spacial score (nSPS) is 11.7. The molecule has 0 atom stereocenters. The molecule has 0 unspecified atom stereocenters. The van der Waals surface area contributed by atoms with Gasteiger partial charge in [-0.3, -0.25) is 0 Å². The van der Waals surface area contributed by atoms with E-state index in [4.69, 9.17) is 0 Å². The van der Waals surface area contributed by atoms with E-state index in [-0.39, 0.29) is 0 Å². The molecular formula is C48H36N2. The van der Waals surface area contributed by atoms with Crippen LogP contribution in [0.5, 0.6) is 0 Å². The minimum Gasteiger partial charge on any atom is -0.313 e. The zero-order valence-electron chi connectivity index (χ0n) is 28.2. The van der Waals surface area contributed by atoms with E-state index in [2.05, 4.69) is 205 Å². The van der Waals surface area contributed by atoms with Crippen LogP contribution in [-0.2, 0) is 0 Å². The molecule has 9 aromatic rings. The van der Waals surface area contributed by atoms with Gasteiger partial charge in [0.2, 0.25) is 0 Å². The molecule has 238 valence electrons. The van der Waals surface area contributed by atoms with E-state index < -0.39 is 0 Å². The van der Waals surface area contributed by atoms with Gasteiger partial charge in [-0.25, -0.2) is 0 Å². The highest BCUT2D eigenvalue weighted by Gasteiger charge is 2.18. The summed E-state index contributed by atoms with van der Waals surface area (Å²) in [6.07, 6.45) is 4.40. The van der Waals surface area contributed by atoms with Crippen LogP contribution in [0.4, 0.5) is 0 Å². The molecule has 0 amide bonds. The smallest absolute Gasteiger partial charge is 0.0541 e. The molecule has 2 heteroatoms. The van der Waals surface area contributed by atoms with E-state index in [1.807, 2.05) is 0 Å². The summed E-state index contributed by atoms with van der Waals surface area (Å²) in [7, 11) is 0. The summed E-state index contributed by atoms with van der Waals surface area (Å²) in [5.74, 6) is 0. The lowest BCUT2D eigenvalue weighted by molar-refractivity contribution is 1.05. The van der Waals surface area contributed by atoms with Gasteiger partial charge in [0.25, 0.3) is 0 Å². The number of rotatable bonds is 6. The van der Waals surface area contributed by atoms with E-state index >= 15 is 0 Å². The van der Waals surface area contributed by atoms with Crippen LogP contribution < -0.4 is 0 Å². The fourth-order valence-corrected chi connectivity index (χ4v) is 7.73. The largest absolute Gasteiger partial charge is 0.313 e. The summed E-state index contributed by atoms with van der Waals surface area (Å²) < 4.78 is 4.83. The second-order valence-electron chi connectivity index (χ2n) is 13.0. The van der Waals surface area contributed by atoms with Crippen molar-refractivity contribution in [2.45, 2.75) is 13.8 Å². The van der Waals surface area contributed by atoms with E-state index in [9.17, 15) is 0 Å². The standard InChI is InChI=1S/C48H36N2/c1-3-15-40-33(2)49(39-21-14-20-36(30-39)34-16-6-4-7-17-34)47-28-26-37(31-43(40)47)38-27-29-48-44(32-38)42-23-11-13-25-46(42)50(48)45-24-12-10-22-41(45)35-18-8-5-9-19-35/h3-32H,1-2H3/b15-3-. The molecule has 0 spiro atoms. The predicted molar refractivity (Wildman–Crippen MR) is 213 cm³/mol. The summed E-state index contributed by atoms with van der Waals surface area (Å²) in [4.78, 5) is 0. The monoisotopic (exact) mass is 640 g/mol. The van der Waals surface area contributed by atoms with Crippen LogP contribution in [0, 0.1) is 6.92 Å². The third kappa shape index (κ3) is 4.88. The van der Waals surface area contributed by atoms with Gasteiger partial charge < -0.3 is 9.13 Å². The highest BCUT2D eigenvalue weighted by molar-refractivity contribution is 6.11. The number of aromatic nitrogens is 2. The van der Waals surface area contributed by atoms with Gasteiger partial charge >= 0.3 is 0 Å². The van der Waals surface area contributed by atoms with E-state index in [0.29, 0.717) is 0 Å². The molecule has 0 aliphatic carbocycles. The Balaban J connectivity index is 1.20. The first kappa shape index (κ1) is 29.7. The van der Waals surface area contributed by atoms with Crippen molar-refractivity contribution in [3.8, 4) is 44.8 Å². The molecule has 2 aromatic heterocycles. The summed E-state index contributed by atoms with van der Waals surface area (Å²) >= 11 is 0. The van der Waals surface area contributed by atoms with Crippen LogP contribution >= 0.6 is 0 Å². The Morgan fingerprint density at radius 1 is 0.420 bits per heavy atom. The first-order chi connectivity index (χ1) is 24.7. The lowest BCUT2D eigenvalue weighted by Crippen LogP contribution is -1.97. The van der Waals surface area contributed by atoms with Crippen LogP contribution in [-0.4, -0.2) is 9.13 Å². The van der Waals surface area contributed by atoms with Crippen LogP contribution in [0.3, 0.4) is 0 Å². The summed E-state index contributed by atoms with van der Waals surface area (Å²) in [6.45, 7) is 4.33. The fourth-order valence-electron chi connectivity index (χ4n) is 7.73. The lowest BCUT2D eigenvalue weighted by Gasteiger charge is -2.14. The molecule has 0 N–H and O–H groups in total. The second kappa shape index (κ2) is 12.3. The molecule has 9 rings (SSSR count).